The van der Waals surface area contributed by atoms with Crippen molar-refractivity contribution in [3.05, 3.63) is 42.2 Å². The first-order valence-electron chi connectivity index (χ1n) is 9.43. The minimum absolute atomic E-state index is 0.0716. The summed E-state index contributed by atoms with van der Waals surface area (Å²) in [6, 6.07) is 8.36. The van der Waals surface area contributed by atoms with Crippen molar-refractivity contribution >= 4 is 21.6 Å². The van der Waals surface area contributed by atoms with E-state index in [0.717, 1.165) is 31.4 Å². The second-order valence-electron chi connectivity index (χ2n) is 7.07. The van der Waals surface area contributed by atoms with Crippen molar-refractivity contribution in [3.63, 3.8) is 0 Å². The molecule has 3 rings (SSSR count). The number of nitrogens with one attached hydrogen (secondary N) is 1. The van der Waals surface area contributed by atoms with E-state index in [1.165, 1.54) is 20.1 Å². The first kappa shape index (κ1) is 20.4. The molecule has 8 heteroatoms. The largest absolute Gasteiger partial charge is 0.495 e. The summed E-state index contributed by atoms with van der Waals surface area (Å²) in [5.41, 5.74) is 1.40. The van der Waals surface area contributed by atoms with Crippen LogP contribution in [0.15, 0.2) is 41.4 Å². The standard InChI is InChI=1S/C20H27N3O4S/c1-15(24)21-16-10-11-19(27-3)20(14-16)28(25,26)23-13-6-4-5-8-18(23)17-9-7-12-22(17)2/h7,9-12,14,18H,4-6,8,13H2,1-3H3,(H,21,24)/t18-/m0/s1. The molecule has 1 N–H and O–H groups in total. The molecule has 0 radical (unpaired) electrons. The Balaban J connectivity index is 2.08. The number of carbonyl (C=O) groups excluding carboxylic acids is 1. The van der Waals surface area contributed by atoms with Gasteiger partial charge in [0.15, 0.2) is 0 Å². The SMILES string of the molecule is COc1ccc(NC(C)=O)cc1S(=O)(=O)N1CCCCC[C@H]1c1cccn1C. The summed E-state index contributed by atoms with van der Waals surface area (Å²) >= 11 is 0. The van der Waals surface area contributed by atoms with Gasteiger partial charge in [-0.3, -0.25) is 4.79 Å². The van der Waals surface area contributed by atoms with Crippen molar-refractivity contribution in [2.75, 3.05) is 19.0 Å². The minimum Gasteiger partial charge on any atom is -0.495 e. The average Bonchev–Trinajstić information content (AvgIpc) is 2.92. The first-order chi connectivity index (χ1) is 13.3. The quantitative estimate of drug-likeness (QED) is 0.828. The molecule has 2 heterocycles. The molecule has 28 heavy (non-hydrogen) atoms. The van der Waals surface area contributed by atoms with Crippen LogP contribution in [-0.2, 0) is 21.9 Å². The van der Waals surface area contributed by atoms with Gasteiger partial charge in [-0.05, 0) is 43.2 Å². The molecule has 7 nitrogen and oxygen atoms in total. The van der Waals surface area contributed by atoms with E-state index in [9.17, 15) is 13.2 Å². The van der Waals surface area contributed by atoms with Crippen molar-refractivity contribution in [3.8, 4) is 5.75 Å². The third-order valence-corrected chi connectivity index (χ3v) is 7.03. The molecule has 2 aromatic rings. The smallest absolute Gasteiger partial charge is 0.247 e. The van der Waals surface area contributed by atoms with Gasteiger partial charge in [-0.2, -0.15) is 4.31 Å². The second kappa shape index (κ2) is 8.36. The predicted octanol–water partition coefficient (Wildman–Crippen LogP) is 3.30. The predicted molar refractivity (Wildman–Crippen MR) is 108 cm³/mol. The molecule has 1 atom stereocenters. The van der Waals surface area contributed by atoms with E-state index < -0.39 is 10.0 Å². The number of nitrogens with zero attached hydrogens (tertiary/aromatic N) is 2. The summed E-state index contributed by atoms with van der Waals surface area (Å²) in [5, 5.41) is 2.65. The van der Waals surface area contributed by atoms with Crippen molar-refractivity contribution in [2.45, 2.75) is 43.5 Å². The van der Waals surface area contributed by atoms with E-state index >= 15 is 0 Å². The topological polar surface area (TPSA) is 80.6 Å². The number of methoxy groups -OCH3 is 1. The van der Waals surface area contributed by atoms with Crippen LogP contribution >= 0.6 is 0 Å². The van der Waals surface area contributed by atoms with Gasteiger partial charge >= 0.3 is 0 Å². The second-order valence-corrected chi connectivity index (χ2v) is 8.93. The van der Waals surface area contributed by atoms with E-state index in [2.05, 4.69) is 5.32 Å². The number of hydrogen-bond acceptors (Lipinski definition) is 4. The van der Waals surface area contributed by atoms with Gasteiger partial charge in [-0.15, -0.1) is 0 Å². The summed E-state index contributed by atoms with van der Waals surface area (Å²) in [7, 11) is -0.453. The third-order valence-electron chi connectivity index (χ3n) is 5.10. The number of amides is 1. The maximum atomic E-state index is 13.7. The highest BCUT2D eigenvalue weighted by Gasteiger charge is 2.36. The lowest BCUT2D eigenvalue weighted by molar-refractivity contribution is -0.114. The Kier molecular flexibility index (Phi) is 6.10. The molecule has 1 aliphatic heterocycles. The molecule has 0 saturated carbocycles. The summed E-state index contributed by atoms with van der Waals surface area (Å²) in [5.74, 6) is 0.00829. The van der Waals surface area contributed by atoms with Crippen LogP contribution in [0.4, 0.5) is 5.69 Å². The lowest BCUT2D eigenvalue weighted by atomic mass is 10.1. The molecule has 1 aliphatic rings. The Hall–Kier alpha value is -2.32. The Bertz CT molecular complexity index is 952. The van der Waals surface area contributed by atoms with Crippen LogP contribution in [0.5, 0.6) is 5.75 Å². The molecule has 1 aromatic carbocycles. The minimum atomic E-state index is -3.83. The number of ether oxygens (including phenoxy) is 1. The fourth-order valence-electron chi connectivity index (χ4n) is 3.77. The molecule has 0 aliphatic carbocycles. The van der Waals surface area contributed by atoms with Crippen LogP contribution in [0.25, 0.3) is 0 Å². The first-order valence-corrected chi connectivity index (χ1v) is 10.9. The molecule has 1 saturated heterocycles. The molecule has 152 valence electrons. The molecule has 0 bridgehead atoms. The maximum Gasteiger partial charge on any atom is 0.247 e. The molecule has 1 amide bonds. The van der Waals surface area contributed by atoms with Crippen LogP contribution in [0.1, 0.15) is 44.3 Å². The molecule has 0 spiro atoms. The number of benzene rings is 1. The monoisotopic (exact) mass is 405 g/mol. The van der Waals surface area contributed by atoms with Crippen LogP contribution < -0.4 is 10.1 Å². The molecule has 1 fully saturated rings. The zero-order valence-corrected chi connectivity index (χ0v) is 17.3. The number of aryl methyl sites for hydroxylation is 1. The van der Waals surface area contributed by atoms with E-state index in [0.29, 0.717) is 12.2 Å². The van der Waals surface area contributed by atoms with Crippen LogP contribution in [-0.4, -0.2) is 36.9 Å². The van der Waals surface area contributed by atoms with Gasteiger partial charge in [0.2, 0.25) is 15.9 Å². The van der Waals surface area contributed by atoms with Crippen molar-refractivity contribution in [1.29, 1.82) is 0 Å². The summed E-state index contributed by atoms with van der Waals surface area (Å²) in [4.78, 5) is 11.5. The Morgan fingerprint density at radius 1 is 1.21 bits per heavy atom. The van der Waals surface area contributed by atoms with Crippen molar-refractivity contribution in [1.82, 2.24) is 8.87 Å². The number of aromatic nitrogens is 1. The number of hydrogen-bond donors (Lipinski definition) is 1. The highest BCUT2D eigenvalue weighted by molar-refractivity contribution is 7.89. The van der Waals surface area contributed by atoms with Gasteiger partial charge in [0, 0.05) is 38.1 Å². The maximum absolute atomic E-state index is 13.7. The highest BCUT2D eigenvalue weighted by atomic mass is 32.2. The third kappa shape index (κ3) is 4.07. The zero-order valence-electron chi connectivity index (χ0n) is 16.5. The van der Waals surface area contributed by atoms with Crippen LogP contribution in [0.3, 0.4) is 0 Å². The average molecular weight is 406 g/mol. The van der Waals surface area contributed by atoms with Crippen LogP contribution in [0.2, 0.25) is 0 Å². The van der Waals surface area contributed by atoms with Crippen molar-refractivity contribution < 1.29 is 17.9 Å². The molecule has 1 aromatic heterocycles. The summed E-state index contributed by atoms with van der Waals surface area (Å²) in [6.45, 7) is 1.84. The van der Waals surface area contributed by atoms with Gasteiger partial charge < -0.3 is 14.6 Å². The Labute approximate surface area is 166 Å². The fraction of sp³-hybridized carbons (Fsp3) is 0.450. The molecule has 0 unspecified atom stereocenters. The summed E-state index contributed by atoms with van der Waals surface area (Å²) in [6.07, 6.45) is 5.49. The van der Waals surface area contributed by atoms with Crippen LogP contribution in [0, 0.1) is 0 Å². The Morgan fingerprint density at radius 3 is 2.64 bits per heavy atom. The number of carbonyl (C=O) groups is 1. The van der Waals surface area contributed by atoms with E-state index in [-0.39, 0.29) is 22.6 Å². The zero-order chi connectivity index (χ0) is 20.3. The number of anilines is 1. The van der Waals surface area contributed by atoms with Gasteiger partial charge in [0.05, 0.1) is 13.2 Å². The Morgan fingerprint density at radius 2 is 2.00 bits per heavy atom. The van der Waals surface area contributed by atoms with Gasteiger partial charge in [0.1, 0.15) is 10.6 Å². The van der Waals surface area contributed by atoms with Gasteiger partial charge in [-0.25, -0.2) is 8.42 Å². The van der Waals surface area contributed by atoms with E-state index in [1.807, 2.05) is 29.9 Å². The van der Waals surface area contributed by atoms with Gasteiger partial charge in [0.25, 0.3) is 0 Å². The van der Waals surface area contributed by atoms with Crippen molar-refractivity contribution in [2.24, 2.45) is 7.05 Å². The van der Waals surface area contributed by atoms with E-state index in [1.54, 1.807) is 16.4 Å². The lowest BCUT2D eigenvalue weighted by Gasteiger charge is -2.30. The highest BCUT2D eigenvalue weighted by Crippen LogP contribution is 2.38. The van der Waals surface area contributed by atoms with Gasteiger partial charge in [-0.1, -0.05) is 12.8 Å². The molecular formula is C20H27N3O4S. The fourth-order valence-corrected chi connectivity index (χ4v) is 5.62. The summed E-state index contributed by atoms with van der Waals surface area (Å²) < 4.78 is 36.3. The lowest BCUT2D eigenvalue weighted by Crippen LogP contribution is -2.35. The van der Waals surface area contributed by atoms with E-state index in [4.69, 9.17) is 4.74 Å². The molecular weight excluding hydrogens is 378 g/mol. The number of rotatable bonds is 5. The number of sulfonamides is 1. The normalized spacial score (nSPS) is 18.5.